The topological polar surface area (TPSA) is 50.3 Å². The minimum absolute atomic E-state index is 0.107. The minimum atomic E-state index is -0.107. The summed E-state index contributed by atoms with van der Waals surface area (Å²) in [5.74, 6) is -0.107. The number of carbonyl (C=O) groups excluding carboxylic acids is 2. The van der Waals surface area contributed by atoms with Gasteiger partial charge in [-0.1, -0.05) is 0 Å². The van der Waals surface area contributed by atoms with Gasteiger partial charge in [-0.15, -0.1) is 11.3 Å². The standard InChI is InChI=1S/C15H16N2O2S/c1-10-4-12(8-18)6-13(5-10)15(19)17(3)7-14-16-11(2)9-20-14/h4-6,8-9H,7H2,1-3H3. The highest BCUT2D eigenvalue weighted by molar-refractivity contribution is 7.09. The van der Waals surface area contributed by atoms with Crippen LogP contribution in [0.2, 0.25) is 0 Å². The Morgan fingerprint density at radius 2 is 2.10 bits per heavy atom. The van der Waals surface area contributed by atoms with E-state index in [1.54, 1.807) is 41.5 Å². The summed E-state index contributed by atoms with van der Waals surface area (Å²) < 4.78 is 0. The van der Waals surface area contributed by atoms with E-state index in [1.165, 1.54) is 0 Å². The molecule has 0 bridgehead atoms. The summed E-state index contributed by atoms with van der Waals surface area (Å²) in [6.07, 6.45) is 0.758. The van der Waals surface area contributed by atoms with Crippen molar-refractivity contribution in [1.29, 1.82) is 0 Å². The Labute approximate surface area is 122 Å². The number of amides is 1. The van der Waals surface area contributed by atoms with Gasteiger partial charge in [-0.25, -0.2) is 4.98 Å². The number of rotatable bonds is 4. The first-order valence-electron chi connectivity index (χ1n) is 6.23. The van der Waals surface area contributed by atoms with Crippen LogP contribution in [0.25, 0.3) is 0 Å². The van der Waals surface area contributed by atoms with E-state index in [0.717, 1.165) is 22.6 Å². The van der Waals surface area contributed by atoms with Crippen LogP contribution in [-0.4, -0.2) is 29.1 Å². The molecule has 1 aromatic heterocycles. The Kier molecular flexibility index (Phi) is 4.29. The lowest BCUT2D eigenvalue weighted by atomic mass is 10.1. The molecule has 2 aromatic rings. The van der Waals surface area contributed by atoms with E-state index in [2.05, 4.69) is 4.98 Å². The van der Waals surface area contributed by atoms with Crippen molar-refractivity contribution in [3.63, 3.8) is 0 Å². The molecule has 0 N–H and O–H groups in total. The normalized spacial score (nSPS) is 10.3. The summed E-state index contributed by atoms with van der Waals surface area (Å²) >= 11 is 1.54. The lowest BCUT2D eigenvalue weighted by Gasteiger charge is -2.16. The van der Waals surface area contributed by atoms with Crippen molar-refractivity contribution in [2.24, 2.45) is 0 Å². The van der Waals surface area contributed by atoms with Crippen LogP contribution in [0.15, 0.2) is 23.6 Å². The molecule has 4 nitrogen and oxygen atoms in total. The van der Waals surface area contributed by atoms with E-state index in [4.69, 9.17) is 0 Å². The SMILES string of the molecule is Cc1cc(C=O)cc(C(=O)N(C)Cc2nc(C)cs2)c1. The first-order valence-corrected chi connectivity index (χ1v) is 7.11. The van der Waals surface area contributed by atoms with Crippen molar-refractivity contribution in [3.05, 3.63) is 51.0 Å². The van der Waals surface area contributed by atoms with Gasteiger partial charge in [0.2, 0.25) is 0 Å². The van der Waals surface area contributed by atoms with Crippen molar-refractivity contribution in [3.8, 4) is 0 Å². The van der Waals surface area contributed by atoms with Crippen LogP contribution >= 0.6 is 11.3 Å². The van der Waals surface area contributed by atoms with Gasteiger partial charge in [-0.2, -0.15) is 0 Å². The number of aromatic nitrogens is 1. The molecular formula is C15H16N2O2S. The van der Waals surface area contributed by atoms with Gasteiger partial charge >= 0.3 is 0 Å². The number of carbonyl (C=O) groups is 2. The molecule has 1 aromatic carbocycles. The van der Waals surface area contributed by atoms with Crippen LogP contribution in [0.5, 0.6) is 0 Å². The smallest absolute Gasteiger partial charge is 0.254 e. The number of aryl methyl sites for hydroxylation is 2. The average Bonchev–Trinajstić information content (AvgIpc) is 2.82. The predicted octanol–water partition coefficient (Wildman–Crippen LogP) is 2.84. The molecule has 0 fully saturated rings. The molecule has 0 saturated heterocycles. The summed E-state index contributed by atoms with van der Waals surface area (Å²) in [5.41, 5.74) is 2.91. The molecule has 0 aliphatic carbocycles. The molecule has 0 radical (unpaired) electrons. The number of hydrogen-bond donors (Lipinski definition) is 0. The van der Waals surface area contributed by atoms with Gasteiger partial charge in [0.1, 0.15) is 11.3 Å². The van der Waals surface area contributed by atoms with E-state index in [9.17, 15) is 9.59 Å². The van der Waals surface area contributed by atoms with E-state index in [0.29, 0.717) is 17.7 Å². The van der Waals surface area contributed by atoms with Gasteiger partial charge in [0.25, 0.3) is 5.91 Å². The molecule has 5 heteroatoms. The van der Waals surface area contributed by atoms with Crippen molar-refractivity contribution < 1.29 is 9.59 Å². The zero-order chi connectivity index (χ0) is 14.7. The number of thiazole rings is 1. The maximum Gasteiger partial charge on any atom is 0.254 e. The van der Waals surface area contributed by atoms with Crippen LogP contribution in [0.1, 0.15) is 37.0 Å². The molecule has 1 heterocycles. The van der Waals surface area contributed by atoms with Crippen molar-refractivity contribution in [1.82, 2.24) is 9.88 Å². The second kappa shape index (κ2) is 5.96. The highest BCUT2D eigenvalue weighted by atomic mass is 32.1. The summed E-state index contributed by atoms with van der Waals surface area (Å²) in [6.45, 7) is 4.27. The molecule has 0 aliphatic heterocycles. The van der Waals surface area contributed by atoms with E-state index in [-0.39, 0.29) is 5.91 Å². The molecule has 1 amide bonds. The van der Waals surface area contributed by atoms with Crippen LogP contribution in [0.4, 0.5) is 0 Å². The quantitative estimate of drug-likeness (QED) is 0.813. The van der Waals surface area contributed by atoms with Crippen LogP contribution in [-0.2, 0) is 6.54 Å². The maximum atomic E-state index is 12.4. The van der Waals surface area contributed by atoms with E-state index < -0.39 is 0 Å². The van der Waals surface area contributed by atoms with Gasteiger partial charge in [0.05, 0.1) is 6.54 Å². The summed E-state index contributed by atoms with van der Waals surface area (Å²) in [5, 5.41) is 2.87. The first-order chi connectivity index (χ1) is 9.49. The van der Waals surface area contributed by atoms with Gasteiger partial charge in [0, 0.05) is 29.2 Å². The van der Waals surface area contributed by atoms with Crippen molar-refractivity contribution >= 4 is 23.5 Å². The Bertz CT molecular complexity index is 649. The van der Waals surface area contributed by atoms with Gasteiger partial charge < -0.3 is 4.90 Å². The highest BCUT2D eigenvalue weighted by Crippen LogP contribution is 2.14. The second-order valence-electron chi connectivity index (χ2n) is 4.79. The molecule has 0 saturated carbocycles. The molecule has 104 valence electrons. The minimum Gasteiger partial charge on any atom is -0.335 e. The lowest BCUT2D eigenvalue weighted by Crippen LogP contribution is -2.26. The molecule has 0 unspecified atom stereocenters. The Morgan fingerprint density at radius 1 is 1.35 bits per heavy atom. The lowest BCUT2D eigenvalue weighted by molar-refractivity contribution is 0.0785. The predicted molar refractivity (Wildman–Crippen MR) is 79.2 cm³/mol. The van der Waals surface area contributed by atoms with Gasteiger partial charge in [0.15, 0.2) is 0 Å². The van der Waals surface area contributed by atoms with Crippen LogP contribution in [0, 0.1) is 13.8 Å². The summed E-state index contributed by atoms with van der Waals surface area (Å²) in [4.78, 5) is 29.2. The van der Waals surface area contributed by atoms with E-state index in [1.807, 2.05) is 19.2 Å². The fraction of sp³-hybridized carbons (Fsp3) is 0.267. The number of aldehydes is 1. The fourth-order valence-electron chi connectivity index (χ4n) is 1.97. The largest absolute Gasteiger partial charge is 0.335 e. The van der Waals surface area contributed by atoms with Crippen molar-refractivity contribution in [2.75, 3.05) is 7.05 Å². The average molecular weight is 288 g/mol. The summed E-state index contributed by atoms with van der Waals surface area (Å²) in [6, 6.07) is 5.17. The summed E-state index contributed by atoms with van der Waals surface area (Å²) in [7, 11) is 1.74. The third kappa shape index (κ3) is 3.30. The molecule has 20 heavy (non-hydrogen) atoms. The molecule has 0 spiro atoms. The number of nitrogens with zero attached hydrogens (tertiary/aromatic N) is 2. The maximum absolute atomic E-state index is 12.4. The zero-order valence-electron chi connectivity index (χ0n) is 11.7. The Balaban J connectivity index is 2.17. The number of benzene rings is 1. The fourth-order valence-corrected chi connectivity index (χ4v) is 2.80. The van der Waals surface area contributed by atoms with Crippen LogP contribution < -0.4 is 0 Å². The zero-order valence-corrected chi connectivity index (χ0v) is 12.5. The molecule has 0 aliphatic rings. The van der Waals surface area contributed by atoms with Crippen LogP contribution in [0.3, 0.4) is 0 Å². The molecule has 0 atom stereocenters. The molecular weight excluding hydrogens is 272 g/mol. The molecule has 2 rings (SSSR count). The Hall–Kier alpha value is -2.01. The Morgan fingerprint density at radius 3 is 2.70 bits per heavy atom. The van der Waals surface area contributed by atoms with E-state index >= 15 is 0 Å². The van der Waals surface area contributed by atoms with Gasteiger partial charge in [-0.3, -0.25) is 9.59 Å². The second-order valence-corrected chi connectivity index (χ2v) is 5.74. The number of hydrogen-bond acceptors (Lipinski definition) is 4. The highest BCUT2D eigenvalue weighted by Gasteiger charge is 2.14. The first kappa shape index (κ1) is 14.4. The monoisotopic (exact) mass is 288 g/mol. The van der Waals surface area contributed by atoms with Gasteiger partial charge in [-0.05, 0) is 37.6 Å². The van der Waals surface area contributed by atoms with Crippen molar-refractivity contribution in [2.45, 2.75) is 20.4 Å². The third-order valence-corrected chi connectivity index (χ3v) is 3.82. The third-order valence-electron chi connectivity index (χ3n) is 2.87.